The molecule has 0 heterocycles. The number of hydrogen-bond acceptors (Lipinski definition) is 2. The van der Waals surface area contributed by atoms with Crippen molar-refractivity contribution in [3.05, 3.63) is 0 Å². The molecule has 15 heavy (non-hydrogen) atoms. The predicted octanol–water partition coefficient (Wildman–Crippen LogP) is 2.21. The Kier molecular flexibility index (Phi) is 4.40. The highest BCUT2D eigenvalue weighted by atomic mass is 19.4. The molecule has 0 aromatic carbocycles. The van der Waals surface area contributed by atoms with Crippen LogP contribution in [0, 0.1) is 5.92 Å². The number of halogens is 3. The van der Waals surface area contributed by atoms with Crippen LogP contribution in [0.25, 0.3) is 0 Å². The molecule has 0 aromatic heterocycles. The quantitative estimate of drug-likeness (QED) is 0.773. The van der Waals surface area contributed by atoms with E-state index >= 15 is 0 Å². The van der Waals surface area contributed by atoms with Crippen molar-refractivity contribution in [3.63, 3.8) is 0 Å². The van der Waals surface area contributed by atoms with Gasteiger partial charge in [-0.1, -0.05) is 32.1 Å². The number of hydrogen-bond donors (Lipinski definition) is 2. The summed E-state index contributed by atoms with van der Waals surface area (Å²) in [5, 5.41) is 8.93. The van der Waals surface area contributed by atoms with Gasteiger partial charge in [0.15, 0.2) is 6.10 Å². The third-order valence-electron chi connectivity index (χ3n) is 3.07. The van der Waals surface area contributed by atoms with Crippen molar-refractivity contribution < 1.29 is 18.3 Å². The van der Waals surface area contributed by atoms with Gasteiger partial charge in [-0.15, -0.1) is 0 Å². The molecule has 3 N–H and O–H groups in total. The highest BCUT2D eigenvalue weighted by Crippen LogP contribution is 2.30. The molecule has 1 fully saturated rings. The minimum absolute atomic E-state index is 0.255. The number of alkyl halides is 3. The number of aliphatic hydroxyl groups excluding tert-OH is 1. The Bertz CT molecular complexity index is 190. The molecule has 0 radical (unpaired) electrons. The lowest BCUT2D eigenvalue weighted by molar-refractivity contribution is -0.210. The van der Waals surface area contributed by atoms with Gasteiger partial charge in [-0.05, 0) is 12.3 Å². The van der Waals surface area contributed by atoms with Crippen molar-refractivity contribution in [1.29, 1.82) is 0 Å². The third kappa shape index (κ3) is 3.99. The molecule has 2 nitrogen and oxygen atoms in total. The molecule has 1 aliphatic carbocycles. The Morgan fingerprint density at radius 3 is 2.20 bits per heavy atom. The van der Waals surface area contributed by atoms with E-state index in [2.05, 4.69) is 0 Å². The van der Waals surface area contributed by atoms with Crippen LogP contribution in [-0.4, -0.2) is 23.4 Å². The maximum absolute atomic E-state index is 12.1. The summed E-state index contributed by atoms with van der Waals surface area (Å²) in [5.41, 5.74) is 5.36. The van der Waals surface area contributed by atoms with Crippen LogP contribution in [-0.2, 0) is 0 Å². The van der Waals surface area contributed by atoms with Gasteiger partial charge in [-0.2, -0.15) is 13.2 Å². The summed E-state index contributed by atoms with van der Waals surface area (Å²) in [6.07, 6.45) is -1.50. The molecule has 1 aliphatic rings. The fraction of sp³-hybridized carbons (Fsp3) is 1.00. The van der Waals surface area contributed by atoms with Crippen LogP contribution in [0.3, 0.4) is 0 Å². The minimum atomic E-state index is -4.59. The van der Waals surface area contributed by atoms with Crippen LogP contribution in [0.4, 0.5) is 13.2 Å². The lowest BCUT2D eigenvalue weighted by Crippen LogP contribution is -2.46. The van der Waals surface area contributed by atoms with Gasteiger partial charge in [0, 0.05) is 6.04 Å². The lowest BCUT2D eigenvalue weighted by atomic mass is 9.84. The van der Waals surface area contributed by atoms with Crippen molar-refractivity contribution in [3.8, 4) is 0 Å². The Labute approximate surface area is 87.6 Å². The average molecular weight is 225 g/mol. The molecule has 0 unspecified atom stereocenters. The van der Waals surface area contributed by atoms with E-state index in [9.17, 15) is 13.2 Å². The topological polar surface area (TPSA) is 46.2 Å². The van der Waals surface area contributed by atoms with Crippen LogP contribution >= 0.6 is 0 Å². The third-order valence-corrected chi connectivity index (χ3v) is 3.07. The first kappa shape index (κ1) is 12.8. The molecule has 0 bridgehead atoms. The van der Waals surface area contributed by atoms with Crippen molar-refractivity contribution >= 4 is 0 Å². The van der Waals surface area contributed by atoms with E-state index in [1.54, 1.807) is 0 Å². The van der Waals surface area contributed by atoms with Crippen molar-refractivity contribution in [2.24, 2.45) is 11.7 Å². The van der Waals surface area contributed by atoms with Gasteiger partial charge in [0.25, 0.3) is 0 Å². The molecule has 2 atom stereocenters. The van der Waals surface area contributed by atoms with Crippen molar-refractivity contribution in [2.75, 3.05) is 0 Å². The second-order valence-corrected chi connectivity index (χ2v) is 4.39. The van der Waals surface area contributed by atoms with Crippen LogP contribution in [0.1, 0.15) is 38.5 Å². The molecule has 1 saturated carbocycles. The smallest absolute Gasteiger partial charge is 0.382 e. The average Bonchev–Trinajstić information content (AvgIpc) is 2.16. The molecule has 0 spiro atoms. The summed E-state index contributed by atoms with van der Waals surface area (Å²) in [6, 6.07) is -1.17. The Morgan fingerprint density at radius 2 is 1.73 bits per heavy atom. The molecule has 5 heteroatoms. The zero-order chi connectivity index (χ0) is 11.5. The van der Waals surface area contributed by atoms with E-state index in [0.29, 0.717) is 0 Å². The Morgan fingerprint density at radius 1 is 1.20 bits per heavy atom. The molecule has 0 saturated heterocycles. The molecule has 0 aromatic rings. The zero-order valence-corrected chi connectivity index (χ0v) is 8.63. The van der Waals surface area contributed by atoms with Crippen molar-refractivity contribution in [1.82, 2.24) is 0 Å². The Hall–Kier alpha value is -0.290. The van der Waals surface area contributed by atoms with E-state index in [0.717, 1.165) is 32.1 Å². The predicted molar refractivity (Wildman–Crippen MR) is 51.2 cm³/mol. The summed E-state index contributed by atoms with van der Waals surface area (Å²) in [7, 11) is 0. The fourth-order valence-corrected chi connectivity index (χ4v) is 2.18. The lowest BCUT2D eigenvalue weighted by Gasteiger charge is -2.27. The van der Waals surface area contributed by atoms with Crippen LogP contribution in [0.2, 0.25) is 0 Å². The molecule has 0 aliphatic heterocycles. The highest BCUT2D eigenvalue weighted by Gasteiger charge is 2.42. The number of rotatable bonds is 3. The van der Waals surface area contributed by atoms with Gasteiger partial charge in [-0.25, -0.2) is 0 Å². The zero-order valence-electron chi connectivity index (χ0n) is 8.63. The molecule has 1 rings (SSSR count). The van der Waals surface area contributed by atoms with Gasteiger partial charge in [-0.3, -0.25) is 0 Å². The van der Waals surface area contributed by atoms with E-state index in [1.165, 1.54) is 0 Å². The van der Waals surface area contributed by atoms with Gasteiger partial charge < -0.3 is 10.8 Å². The summed E-state index contributed by atoms with van der Waals surface area (Å²) in [5.74, 6) is 0.255. The largest absolute Gasteiger partial charge is 0.415 e. The van der Waals surface area contributed by atoms with Gasteiger partial charge >= 0.3 is 6.18 Å². The second kappa shape index (κ2) is 5.16. The normalized spacial score (nSPS) is 23.8. The summed E-state index contributed by atoms with van der Waals surface area (Å²) in [4.78, 5) is 0. The van der Waals surface area contributed by atoms with E-state index < -0.39 is 18.3 Å². The molecular weight excluding hydrogens is 207 g/mol. The van der Waals surface area contributed by atoms with Crippen molar-refractivity contribution in [2.45, 2.75) is 56.8 Å². The van der Waals surface area contributed by atoms with Crippen LogP contribution in [0.15, 0.2) is 0 Å². The molecule has 90 valence electrons. The van der Waals surface area contributed by atoms with Crippen LogP contribution < -0.4 is 5.73 Å². The van der Waals surface area contributed by atoms with E-state index in [4.69, 9.17) is 10.8 Å². The molecule has 0 amide bonds. The van der Waals surface area contributed by atoms with E-state index in [1.807, 2.05) is 0 Å². The first-order valence-electron chi connectivity index (χ1n) is 5.41. The maximum atomic E-state index is 12.1. The summed E-state index contributed by atoms with van der Waals surface area (Å²) in [6.45, 7) is 0. The Balaban J connectivity index is 2.36. The van der Waals surface area contributed by atoms with Gasteiger partial charge in [0.05, 0.1) is 0 Å². The SMILES string of the molecule is N[C@@H](CC1CCCCC1)[C@@H](O)C(F)(F)F. The standard InChI is InChI=1S/C10H18F3NO/c11-10(12,13)9(15)8(14)6-7-4-2-1-3-5-7/h7-9,15H,1-6,14H2/t8-,9+/m0/s1. The number of nitrogens with two attached hydrogens (primary N) is 1. The maximum Gasteiger partial charge on any atom is 0.415 e. The second-order valence-electron chi connectivity index (χ2n) is 4.39. The first-order valence-corrected chi connectivity index (χ1v) is 5.41. The first-order chi connectivity index (χ1) is 6.91. The fourth-order valence-electron chi connectivity index (χ4n) is 2.18. The van der Waals surface area contributed by atoms with Gasteiger partial charge in [0.1, 0.15) is 0 Å². The van der Waals surface area contributed by atoms with Gasteiger partial charge in [0.2, 0.25) is 0 Å². The summed E-state index contributed by atoms with van der Waals surface area (Å²) >= 11 is 0. The highest BCUT2D eigenvalue weighted by molar-refractivity contribution is 4.81. The number of aliphatic hydroxyl groups is 1. The monoisotopic (exact) mass is 225 g/mol. The minimum Gasteiger partial charge on any atom is -0.382 e. The summed E-state index contributed by atoms with van der Waals surface area (Å²) < 4.78 is 36.4. The molecular formula is C10H18F3NO. The van der Waals surface area contributed by atoms with E-state index in [-0.39, 0.29) is 12.3 Å². The van der Waals surface area contributed by atoms with Crippen LogP contribution in [0.5, 0.6) is 0 Å².